The molecule has 2 aliphatic rings. The number of amides is 1. The standard InChI is InChI=1S/C23H23Cl2N7O3.C9H18N2O2/c1-31-5-7-32(8-6-31)23-29-21(35-30-23)12-34-20-11-18-15(10-19(20)33-2)22(27-13-26-18)28-14-3-4-16(24)17(25)9-14;1-9(2,3)13-8(12)11-6-4-10-5-7-11/h3-4,9-11,13H,5-8,12H2,1-2H3,(H,26,27,28);10H,4-7H2,1-3H3. The Labute approximate surface area is 289 Å². The van der Waals surface area contributed by atoms with E-state index in [1.165, 1.54) is 6.33 Å². The minimum atomic E-state index is -0.387. The summed E-state index contributed by atoms with van der Waals surface area (Å²) in [5.74, 6) is 2.56. The highest BCUT2D eigenvalue weighted by Crippen LogP contribution is 2.36. The molecule has 0 saturated carbocycles. The highest BCUT2D eigenvalue weighted by atomic mass is 35.5. The van der Waals surface area contributed by atoms with E-state index in [4.69, 9.17) is 41.9 Å². The predicted octanol–water partition coefficient (Wildman–Crippen LogP) is 5.23. The van der Waals surface area contributed by atoms with E-state index in [0.29, 0.717) is 44.7 Å². The van der Waals surface area contributed by atoms with Crippen LogP contribution in [0.2, 0.25) is 10.0 Å². The lowest BCUT2D eigenvalue weighted by Crippen LogP contribution is -2.48. The summed E-state index contributed by atoms with van der Waals surface area (Å²) in [6, 6.07) is 8.86. The second kappa shape index (κ2) is 15.9. The van der Waals surface area contributed by atoms with Crippen molar-refractivity contribution in [3.63, 3.8) is 0 Å². The normalized spacial score (nSPS) is 15.5. The van der Waals surface area contributed by atoms with Gasteiger partial charge in [-0.05, 0) is 57.2 Å². The first kappa shape index (κ1) is 35.2. The lowest BCUT2D eigenvalue weighted by Gasteiger charge is -2.31. The van der Waals surface area contributed by atoms with Crippen LogP contribution in [0.5, 0.6) is 11.5 Å². The molecule has 0 aliphatic carbocycles. The number of fused-ring (bicyclic) bond motifs is 1. The molecule has 4 aromatic rings. The van der Waals surface area contributed by atoms with Crippen LogP contribution in [0.3, 0.4) is 0 Å². The molecule has 258 valence electrons. The van der Waals surface area contributed by atoms with Crippen LogP contribution in [0.15, 0.2) is 41.2 Å². The summed E-state index contributed by atoms with van der Waals surface area (Å²) < 4.78 is 22.2. The number of rotatable bonds is 7. The van der Waals surface area contributed by atoms with Crippen molar-refractivity contribution < 1.29 is 23.5 Å². The number of ether oxygens (including phenoxy) is 3. The van der Waals surface area contributed by atoms with E-state index in [-0.39, 0.29) is 18.3 Å². The highest BCUT2D eigenvalue weighted by molar-refractivity contribution is 6.42. The molecule has 0 bridgehead atoms. The molecule has 2 saturated heterocycles. The summed E-state index contributed by atoms with van der Waals surface area (Å²) in [5.41, 5.74) is 1.02. The van der Waals surface area contributed by atoms with Crippen LogP contribution in [-0.2, 0) is 11.3 Å². The molecule has 2 fully saturated rings. The average Bonchev–Trinajstić information content (AvgIpc) is 3.54. The fraction of sp³-hybridized carbons (Fsp3) is 0.469. The monoisotopic (exact) mass is 701 g/mol. The molecule has 0 spiro atoms. The van der Waals surface area contributed by atoms with Crippen molar-refractivity contribution in [2.45, 2.75) is 33.0 Å². The average molecular weight is 703 g/mol. The molecular formula is C32H41Cl2N9O5. The number of likely N-dealkylation sites (N-methyl/N-ethyl adjacent to an activating group) is 1. The molecule has 2 aromatic carbocycles. The summed E-state index contributed by atoms with van der Waals surface area (Å²) >= 11 is 12.2. The minimum absolute atomic E-state index is 0.0993. The Hall–Kier alpha value is -4.11. The maximum absolute atomic E-state index is 11.5. The molecule has 4 heterocycles. The number of hydrogen-bond donors (Lipinski definition) is 2. The van der Waals surface area contributed by atoms with Crippen molar-refractivity contribution in [3.8, 4) is 11.5 Å². The zero-order valence-electron chi connectivity index (χ0n) is 27.8. The van der Waals surface area contributed by atoms with Crippen molar-refractivity contribution in [3.05, 3.63) is 52.6 Å². The van der Waals surface area contributed by atoms with Gasteiger partial charge in [0.15, 0.2) is 18.1 Å². The number of halogens is 2. The molecule has 2 aromatic heterocycles. The fourth-order valence-electron chi connectivity index (χ4n) is 4.90. The second-order valence-electron chi connectivity index (χ2n) is 12.3. The largest absolute Gasteiger partial charge is 0.493 e. The van der Waals surface area contributed by atoms with Gasteiger partial charge in [-0.1, -0.05) is 23.2 Å². The summed E-state index contributed by atoms with van der Waals surface area (Å²) in [5, 5.41) is 12.2. The number of nitrogens with one attached hydrogen (secondary N) is 2. The van der Waals surface area contributed by atoms with Gasteiger partial charge >= 0.3 is 6.09 Å². The lowest BCUT2D eigenvalue weighted by molar-refractivity contribution is 0.0229. The lowest BCUT2D eigenvalue weighted by atomic mass is 10.2. The van der Waals surface area contributed by atoms with Gasteiger partial charge in [-0.2, -0.15) is 4.98 Å². The Balaban J connectivity index is 0.000000292. The Bertz CT molecular complexity index is 1690. The number of carbonyl (C=O) groups excluding carboxylic acids is 1. The van der Waals surface area contributed by atoms with Crippen LogP contribution in [0.25, 0.3) is 10.9 Å². The molecule has 16 heteroatoms. The zero-order valence-corrected chi connectivity index (χ0v) is 29.3. The van der Waals surface area contributed by atoms with Crippen LogP contribution < -0.4 is 25.0 Å². The van der Waals surface area contributed by atoms with Crippen LogP contribution in [0, 0.1) is 0 Å². The minimum Gasteiger partial charge on any atom is -0.493 e. The Morgan fingerprint density at radius 2 is 1.75 bits per heavy atom. The number of hydrogen-bond acceptors (Lipinski definition) is 13. The van der Waals surface area contributed by atoms with Crippen LogP contribution in [0.4, 0.5) is 22.2 Å². The van der Waals surface area contributed by atoms with Gasteiger partial charge < -0.3 is 44.1 Å². The number of carbonyl (C=O) groups is 1. The van der Waals surface area contributed by atoms with Gasteiger partial charge in [0.05, 0.1) is 22.7 Å². The first-order valence-electron chi connectivity index (χ1n) is 15.6. The maximum Gasteiger partial charge on any atom is 0.410 e. The molecule has 0 radical (unpaired) electrons. The number of anilines is 3. The van der Waals surface area contributed by atoms with Gasteiger partial charge in [-0.15, -0.1) is 0 Å². The third-order valence-corrected chi connectivity index (χ3v) is 8.21. The van der Waals surface area contributed by atoms with Crippen molar-refractivity contribution in [2.24, 2.45) is 0 Å². The number of nitrogens with zero attached hydrogens (tertiary/aromatic N) is 7. The van der Waals surface area contributed by atoms with Gasteiger partial charge in [0.25, 0.3) is 11.8 Å². The Morgan fingerprint density at radius 1 is 1.00 bits per heavy atom. The maximum atomic E-state index is 11.5. The van der Waals surface area contributed by atoms with Gasteiger partial charge in [0.1, 0.15) is 17.7 Å². The SMILES string of the molecule is CC(C)(C)OC(=O)N1CCNCC1.COc1cc2c(Nc3ccc(Cl)c(Cl)c3)ncnc2cc1OCc1nc(N2CCN(C)CC2)no1. The number of methoxy groups -OCH3 is 1. The van der Waals surface area contributed by atoms with E-state index >= 15 is 0 Å². The summed E-state index contributed by atoms with van der Waals surface area (Å²) in [7, 11) is 3.67. The summed E-state index contributed by atoms with van der Waals surface area (Å²) in [6.45, 7) is 12.6. The van der Waals surface area contributed by atoms with Crippen LogP contribution >= 0.6 is 23.2 Å². The second-order valence-corrected chi connectivity index (χ2v) is 13.1. The summed E-state index contributed by atoms with van der Waals surface area (Å²) in [6.07, 6.45) is 1.27. The van der Waals surface area contributed by atoms with Crippen molar-refractivity contribution in [1.29, 1.82) is 0 Å². The smallest absolute Gasteiger partial charge is 0.410 e. The van der Waals surface area contributed by atoms with E-state index in [1.54, 1.807) is 30.2 Å². The number of benzene rings is 2. The molecule has 2 aliphatic heterocycles. The predicted molar refractivity (Wildman–Crippen MR) is 185 cm³/mol. The Kier molecular flexibility index (Phi) is 11.6. The number of aromatic nitrogens is 4. The molecule has 0 atom stereocenters. The fourth-order valence-corrected chi connectivity index (χ4v) is 5.20. The van der Waals surface area contributed by atoms with Crippen LogP contribution in [-0.4, -0.2) is 108 Å². The quantitative estimate of drug-likeness (QED) is 0.260. The van der Waals surface area contributed by atoms with E-state index in [0.717, 1.165) is 63.4 Å². The van der Waals surface area contributed by atoms with Crippen LogP contribution in [0.1, 0.15) is 26.7 Å². The molecule has 48 heavy (non-hydrogen) atoms. The van der Waals surface area contributed by atoms with Gasteiger partial charge in [-0.25, -0.2) is 14.8 Å². The molecule has 2 N–H and O–H groups in total. The number of piperazine rings is 2. The zero-order chi connectivity index (χ0) is 34.3. The molecule has 1 amide bonds. The van der Waals surface area contributed by atoms with Crippen molar-refractivity contribution in [1.82, 2.24) is 35.2 Å². The van der Waals surface area contributed by atoms with Crippen molar-refractivity contribution in [2.75, 3.05) is 76.7 Å². The Morgan fingerprint density at radius 3 is 2.44 bits per heavy atom. The summed E-state index contributed by atoms with van der Waals surface area (Å²) in [4.78, 5) is 30.8. The molecule has 0 unspecified atom stereocenters. The molecule has 14 nitrogen and oxygen atoms in total. The van der Waals surface area contributed by atoms with Gasteiger partial charge in [0.2, 0.25) is 0 Å². The molecular weight excluding hydrogens is 661 g/mol. The third-order valence-electron chi connectivity index (χ3n) is 7.47. The first-order valence-corrected chi connectivity index (χ1v) is 16.4. The van der Waals surface area contributed by atoms with Gasteiger partial charge in [0, 0.05) is 69.5 Å². The third kappa shape index (κ3) is 9.49. The van der Waals surface area contributed by atoms with E-state index < -0.39 is 0 Å². The van der Waals surface area contributed by atoms with Crippen molar-refractivity contribution >= 4 is 57.7 Å². The van der Waals surface area contributed by atoms with Gasteiger partial charge in [-0.3, -0.25) is 0 Å². The highest BCUT2D eigenvalue weighted by Gasteiger charge is 2.23. The topological polar surface area (TPSA) is 143 Å². The van der Waals surface area contributed by atoms with E-state index in [2.05, 4.69) is 47.6 Å². The molecule has 6 rings (SSSR count). The first-order chi connectivity index (χ1) is 23.0. The van der Waals surface area contributed by atoms with E-state index in [9.17, 15) is 4.79 Å². The van der Waals surface area contributed by atoms with E-state index in [1.807, 2.05) is 32.9 Å².